The van der Waals surface area contributed by atoms with Gasteiger partial charge in [0.25, 0.3) is 0 Å². The third kappa shape index (κ3) is 8.35. The number of carbonyl (C=O) groups is 2. The number of carbonyl (C=O) groups excluding carboxylic acids is 2. The predicted molar refractivity (Wildman–Crippen MR) is 125 cm³/mol. The van der Waals surface area contributed by atoms with E-state index in [9.17, 15) is 18.0 Å². The van der Waals surface area contributed by atoms with Crippen LogP contribution in [0.25, 0.3) is 0 Å². The summed E-state index contributed by atoms with van der Waals surface area (Å²) in [7, 11) is -3.81. The minimum absolute atomic E-state index is 0.0591. The van der Waals surface area contributed by atoms with Crippen molar-refractivity contribution in [3.63, 3.8) is 0 Å². The molecule has 0 spiro atoms. The molecular formula is C22H29N3O4S2. The molecule has 7 nitrogen and oxygen atoms in total. The van der Waals surface area contributed by atoms with Crippen LogP contribution in [0.5, 0.6) is 0 Å². The molecule has 0 fully saturated rings. The lowest BCUT2D eigenvalue weighted by atomic mass is 10.1. The summed E-state index contributed by atoms with van der Waals surface area (Å²) in [5, 5.41) is 5.62. The van der Waals surface area contributed by atoms with Gasteiger partial charge in [-0.1, -0.05) is 37.3 Å². The third-order valence-corrected chi connectivity index (χ3v) is 6.56. The van der Waals surface area contributed by atoms with Crippen LogP contribution in [-0.2, 0) is 26.2 Å². The van der Waals surface area contributed by atoms with Gasteiger partial charge in [-0.2, -0.15) is 16.5 Å². The third-order valence-electron chi connectivity index (χ3n) is 4.43. The highest BCUT2D eigenvalue weighted by Crippen LogP contribution is 2.13. The number of sulfonamides is 1. The summed E-state index contributed by atoms with van der Waals surface area (Å²) in [6.07, 6.45) is 3.47. The summed E-state index contributed by atoms with van der Waals surface area (Å²) in [6.45, 7) is 2.16. The van der Waals surface area contributed by atoms with Crippen molar-refractivity contribution in [1.82, 2.24) is 10.0 Å². The molecule has 2 aromatic rings. The minimum Gasteiger partial charge on any atom is -0.351 e. The molecule has 0 aromatic heterocycles. The van der Waals surface area contributed by atoms with E-state index in [1.54, 1.807) is 48.2 Å². The molecule has 0 bridgehead atoms. The molecule has 0 heterocycles. The molecule has 1 unspecified atom stereocenters. The van der Waals surface area contributed by atoms with E-state index in [1.165, 1.54) is 12.1 Å². The fourth-order valence-electron chi connectivity index (χ4n) is 2.86. The number of benzene rings is 2. The van der Waals surface area contributed by atoms with Gasteiger partial charge in [0.15, 0.2) is 0 Å². The van der Waals surface area contributed by atoms with Crippen molar-refractivity contribution in [3.05, 3.63) is 60.2 Å². The maximum Gasteiger partial charge on any atom is 0.241 e. The molecule has 0 saturated heterocycles. The lowest BCUT2D eigenvalue weighted by Gasteiger charge is -2.18. The number of hydrogen-bond donors (Lipinski definition) is 3. The summed E-state index contributed by atoms with van der Waals surface area (Å²) < 4.78 is 27.8. The SMILES string of the molecule is CCCC(=O)Nc1cccc(CNC(=O)C(CCSC)NS(=O)(=O)c2ccccc2)c1. The van der Waals surface area contributed by atoms with E-state index < -0.39 is 22.0 Å². The number of amides is 2. The minimum atomic E-state index is -3.81. The summed E-state index contributed by atoms with van der Waals surface area (Å²) in [5.74, 6) is 0.180. The maximum atomic E-state index is 12.8. The van der Waals surface area contributed by atoms with Crippen molar-refractivity contribution >= 4 is 39.3 Å². The predicted octanol–water partition coefficient (Wildman–Crippen LogP) is 3.14. The van der Waals surface area contributed by atoms with Gasteiger partial charge in [0.2, 0.25) is 21.8 Å². The van der Waals surface area contributed by atoms with E-state index in [0.29, 0.717) is 24.3 Å². The highest BCUT2D eigenvalue weighted by molar-refractivity contribution is 7.98. The van der Waals surface area contributed by atoms with Crippen LogP contribution in [0, 0.1) is 0 Å². The zero-order chi connectivity index (χ0) is 22.7. The summed E-state index contributed by atoms with van der Waals surface area (Å²) in [5.41, 5.74) is 1.46. The highest BCUT2D eigenvalue weighted by Gasteiger charge is 2.25. The van der Waals surface area contributed by atoms with Crippen molar-refractivity contribution in [2.75, 3.05) is 17.3 Å². The average Bonchev–Trinajstić information content (AvgIpc) is 2.76. The summed E-state index contributed by atoms with van der Waals surface area (Å²) in [4.78, 5) is 24.7. The molecule has 0 radical (unpaired) electrons. The number of rotatable bonds is 12. The van der Waals surface area contributed by atoms with Crippen LogP contribution in [0.3, 0.4) is 0 Å². The van der Waals surface area contributed by atoms with E-state index in [1.807, 2.05) is 19.2 Å². The second kappa shape index (κ2) is 12.5. The maximum absolute atomic E-state index is 12.8. The van der Waals surface area contributed by atoms with Crippen molar-refractivity contribution in [2.45, 2.75) is 43.7 Å². The molecule has 2 rings (SSSR count). The van der Waals surface area contributed by atoms with Crippen LogP contribution >= 0.6 is 11.8 Å². The molecule has 0 saturated carbocycles. The molecular weight excluding hydrogens is 434 g/mol. The molecule has 0 aliphatic rings. The first-order chi connectivity index (χ1) is 14.9. The van der Waals surface area contributed by atoms with Gasteiger partial charge in [-0.3, -0.25) is 9.59 Å². The van der Waals surface area contributed by atoms with Gasteiger partial charge in [0.05, 0.1) is 4.90 Å². The molecule has 2 amide bonds. The fraction of sp³-hybridized carbons (Fsp3) is 0.364. The van der Waals surface area contributed by atoms with E-state index in [0.717, 1.165) is 12.0 Å². The van der Waals surface area contributed by atoms with Crippen LogP contribution in [-0.4, -0.2) is 38.3 Å². The smallest absolute Gasteiger partial charge is 0.241 e. The number of anilines is 1. The molecule has 0 aliphatic heterocycles. The Morgan fingerprint density at radius 1 is 1.06 bits per heavy atom. The van der Waals surface area contributed by atoms with Crippen LogP contribution in [0.1, 0.15) is 31.7 Å². The lowest BCUT2D eigenvalue weighted by molar-refractivity contribution is -0.123. The fourth-order valence-corrected chi connectivity index (χ4v) is 4.58. The molecule has 9 heteroatoms. The van der Waals surface area contributed by atoms with Gasteiger partial charge < -0.3 is 10.6 Å². The normalized spacial score (nSPS) is 12.2. The van der Waals surface area contributed by atoms with Gasteiger partial charge in [-0.25, -0.2) is 8.42 Å². The highest BCUT2D eigenvalue weighted by atomic mass is 32.2. The molecule has 1 atom stereocenters. The summed E-state index contributed by atoms with van der Waals surface area (Å²) >= 11 is 1.54. The van der Waals surface area contributed by atoms with Crippen LogP contribution in [0.4, 0.5) is 5.69 Å². The monoisotopic (exact) mass is 463 g/mol. The Morgan fingerprint density at radius 3 is 2.48 bits per heavy atom. The molecule has 0 aliphatic carbocycles. The van der Waals surface area contributed by atoms with Gasteiger partial charge in [-0.05, 0) is 54.7 Å². The van der Waals surface area contributed by atoms with E-state index in [4.69, 9.17) is 0 Å². The largest absolute Gasteiger partial charge is 0.351 e. The molecule has 3 N–H and O–H groups in total. The van der Waals surface area contributed by atoms with E-state index >= 15 is 0 Å². The van der Waals surface area contributed by atoms with Crippen molar-refractivity contribution < 1.29 is 18.0 Å². The first kappa shape index (κ1) is 24.9. The standard InChI is InChI=1S/C22H29N3O4S2/c1-3-8-21(26)24-18-10-7-9-17(15-18)16-23-22(27)20(13-14-30-2)25-31(28,29)19-11-5-4-6-12-19/h4-7,9-12,15,20,25H,3,8,13-14,16H2,1-2H3,(H,23,27)(H,24,26). The average molecular weight is 464 g/mol. The first-order valence-corrected chi connectivity index (χ1v) is 13.0. The van der Waals surface area contributed by atoms with Gasteiger partial charge in [-0.15, -0.1) is 0 Å². The van der Waals surface area contributed by atoms with Crippen LogP contribution in [0.15, 0.2) is 59.5 Å². The van der Waals surface area contributed by atoms with Crippen LogP contribution < -0.4 is 15.4 Å². The zero-order valence-corrected chi connectivity index (χ0v) is 19.4. The van der Waals surface area contributed by atoms with E-state index in [2.05, 4.69) is 15.4 Å². The van der Waals surface area contributed by atoms with Crippen molar-refractivity contribution in [3.8, 4) is 0 Å². The van der Waals surface area contributed by atoms with E-state index in [-0.39, 0.29) is 17.3 Å². The number of thioether (sulfide) groups is 1. The Hall–Kier alpha value is -2.36. The number of nitrogens with one attached hydrogen (secondary N) is 3. The Labute approximate surface area is 188 Å². The zero-order valence-electron chi connectivity index (χ0n) is 17.8. The Kier molecular flexibility index (Phi) is 10.0. The number of hydrogen-bond acceptors (Lipinski definition) is 5. The quantitative estimate of drug-likeness (QED) is 0.449. The Balaban J connectivity index is 2.03. The molecule has 31 heavy (non-hydrogen) atoms. The second-order valence-electron chi connectivity index (χ2n) is 6.98. The first-order valence-electron chi connectivity index (χ1n) is 10.1. The van der Waals surface area contributed by atoms with Crippen molar-refractivity contribution in [1.29, 1.82) is 0 Å². The van der Waals surface area contributed by atoms with Crippen molar-refractivity contribution in [2.24, 2.45) is 0 Å². The van der Waals surface area contributed by atoms with Crippen LogP contribution in [0.2, 0.25) is 0 Å². The second-order valence-corrected chi connectivity index (χ2v) is 9.68. The summed E-state index contributed by atoms with van der Waals surface area (Å²) in [6, 6.07) is 14.3. The van der Waals surface area contributed by atoms with Gasteiger partial charge in [0.1, 0.15) is 6.04 Å². The molecule has 2 aromatic carbocycles. The topological polar surface area (TPSA) is 104 Å². The molecule has 168 valence electrons. The van der Waals surface area contributed by atoms with Gasteiger partial charge in [0, 0.05) is 18.7 Å². The Morgan fingerprint density at radius 2 is 1.81 bits per heavy atom. The Bertz CT molecular complexity index is 966. The lowest BCUT2D eigenvalue weighted by Crippen LogP contribution is -2.46. The van der Waals surface area contributed by atoms with Gasteiger partial charge >= 0.3 is 0 Å².